The molecule has 0 radical (unpaired) electrons. The second-order valence-corrected chi connectivity index (χ2v) is 4.12. The van der Waals surface area contributed by atoms with Gasteiger partial charge in [-0.2, -0.15) is 0 Å². The summed E-state index contributed by atoms with van der Waals surface area (Å²) in [6, 6.07) is 1.79. The minimum Gasteiger partial charge on any atom is -0.350 e. The van der Waals surface area contributed by atoms with Crippen molar-refractivity contribution >= 4 is 23.3 Å². The van der Waals surface area contributed by atoms with Crippen LogP contribution in [0.3, 0.4) is 0 Å². The van der Waals surface area contributed by atoms with Crippen LogP contribution in [-0.2, 0) is 4.79 Å². The second-order valence-electron chi connectivity index (χ2n) is 3.78. The number of hydrogen-bond donors (Lipinski definition) is 0. The van der Waals surface area contributed by atoms with E-state index in [2.05, 4.69) is 9.97 Å². The molecule has 0 aliphatic carbocycles. The van der Waals surface area contributed by atoms with E-state index in [0.29, 0.717) is 5.82 Å². The number of halogens is 1. The molecular formula is C10H15ClN4O. The predicted molar refractivity (Wildman–Crippen MR) is 63.7 cm³/mol. The van der Waals surface area contributed by atoms with Crippen molar-refractivity contribution < 1.29 is 4.79 Å². The molecule has 0 N–H and O–H groups in total. The molecule has 0 bridgehead atoms. The van der Waals surface area contributed by atoms with Gasteiger partial charge in [-0.25, -0.2) is 9.97 Å². The highest BCUT2D eigenvalue weighted by Gasteiger charge is 2.11. The van der Waals surface area contributed by atoms with Gasteiger partial charge < -0.3 is 9.80 Å². The fourth-order valence-corrected chi connectivity index (χ4v) is 1.36. The van der Waals surface area contributed by atoms with Crippen molar-refractivity contribution in [3.05, 3.63) is 17.0 Å². The molecule has 1 heterocycles. The average Bonchev–Trinajstić information content (AvgIpc) is 2.15. The Bertz CT molecular complexity index is 374. The summed E-state index contributed by atoms with van der Waals surface area (Å²) >= 11 is 5.75. The zero-order valence-electron chi connectivity index (χ0n) is 9.86. The molecule has 0 saturated heterocycles. The summed E-state index contributed by atoms with van der Waals surface area (Å²) < 4.78 is 0. The first-order chi connectivity index (χ1) is 7.40. The standard InChI is InChI=1S/C10H15ClN4O/c1-7-5-8(13-10(11)12-7)15(4)6-9(16)14(2)3/h5H,6H2,1-4H3. The van der Waals surface area contributed by atoms with Crippen LogP contribution in [0, 0.1) is 6.92 Å². The van der Waals surface area contributed by atoms with E-state index in [4.69, 9.17) is 11.6 Å². The maximum Gasteiger partial charge on any atom is 0.241 e. The third kappa shape index (κ3) is 3.34. The first-order valence-corrected chi connectivity index (χ1v) is 5.20. The Morgan fingerprint density at radius 3 is 2.50 bits per heavy atom. The van der Waals surface area contributed by atoms with Crippen LogP contribution in [0.25, 0.3) is 0 Å². The second kappa shape index (κ2) is 5.12. The van der Waals surface area contributed by atoms with Gasteiger partial charge in [0.2, 0.25) is 11.2 Å². The number of hydrogen-bond acceptors (Lipinski definition) is 4. The highest BCUT2D eigenvalue weighted by atomic mass is 35.5. The fourth-order valence-electron chi connectivity index (χ4n) is 1.14. The van der Waals surface area contributed by atoms with Gasteiger partial charge in [0.1, 0.15) is 5.82 Å². The number of carbonyl (C=O) groups is 1. The summed E-state index contributed by atoms with van der Waals surface area (Å²) in [5.41, 5.74) is 0.777. The largest absolute Gasteiger partial charge is 0.350 e. The van der Waals surface area contributed by atoms with Gasteiger partial charge in [0.25, 0.3) is 0 Å². The minimum atomic E-state index is 0.00916. The number of likely N-dealkylation sites (N-methyl/N-ethyl adjacent to an activating group) is 2. The third-order valence-electron chi connectivity index (χ3n) is 2.08. The first-order valence-electron chi connectivity index (χ1n) is 4.82. The maximum atomic E-state index is 11.5. The molecular weight excluding hydrogens is 228 g/mol. The van der Waals surface area contributed by atoms with E-state index in [0.717, 1.165) is 5.69 Å². The van der Waals surface area contributed by atoms with Crippen molar-refractivity contribution in [1.29, 1.82) is 0 Å². The Morgan fingerprint density at radius 1 is 1.38 bits per heavy atom. The molecule has 1 aromatic heterocycles. The molecule has 0 saturated carbocycles. The van der Waals surface area contributed by atoms with Crippen molar-refractivity contribution in [2.45, 2.75) is 6.92 Å². The quantitative estimate of drug-likeness (QED) is 0.741. The van der Waals surface area contributed by atoms with E-state index < -0.39 is 0 Å². The Balaban J connectivity index is 2.80. The highest BCUT2D eigenvalue weighted by Crippen LogP contribution is 2.13. The Hall–Kier alpha value is -1.36. The van der Waals surface area contributed by atoms with E-state index in [9.17, 15) is 4.79 Å². The van der Waals surface area contributed by atoms with Gasteiger partial charge in [-0.1, -0.05) is 0 Å². The summed E-state index contributed by atoms with van der Waals surface area (Å²) in [5, 5.41) is 0.194. The van der Waals surface area contributed by atoms with Crippen LogP contribution in [0.5, 0.6) is 0 Å². The van der Waals surface area contributed by atoms with Crippen LogP contribution in [0.15, 0.2) is 6.07 Å². The number of carbonyl (C=O) groups excluding carboxylic acids is 1. The third-order valence-corrected chi connectivity index (χ3v) is 2.24. The van der Waals surface area contributed by atoms with Crippen LogP contribution < -0.4 is 4.90 Å². The van der Waals surface area contributed by atoms with Crippen LogP contribution in [0.1, 0.15) is 5.69 Å². The minimum absolute atomic E-state index is 0.00916. The van der Waals surface area contributed by atoms with E-state index in [1.165, 1.54) is 4.90 Å². The Labute approximate surface area is 100 Å². The molecule has 0 aromatic carbocycles. The van der Waals surface area contributed by atoms with Crippen molar-refractivity contribution in [3.63, 3.8) is 0 Å². The molecule has 16 heavy (non-hydrogen) atoms. The number of amides is 1. The maximum absolute atomic E-state index is 11.5. The Kier molecular flexibility index (Phi) is 4.06. The fraction of sp³-hybridized carbons (Fsp3) is 0.500. The number of anilines is 1. The van der Waals surface area contributed by atoms with Crippen molar-refractivity contribution in [2.24, 2.45) is 0 Å². The van der Waals surface area contributed by atoms with Gasteiger partial charge in [0.05, 0.1) is 6.54 Å². The predicted octanol–water partition coefficient (Wildman–Crippen LogP) is 0.963. The number of aromatic nitrogens is 2. The lowest BCUT2D eigenvalue weighted by atomic mass is 10.4. The zero-order valence-corrected chi connectivity index (χ0v) is 10.6. The molecule has 1 aromatic rings. The van der Waals surface area contributed by atoms with Crippen molar-refractivity contribution in [3.8, 4) is 0 Å². The van der Waals surface area contributed by atoms with Gasteiger partial charge in [0.15, 0.2) is 0 Å². The number of aryl methyl sites for hydroxylation is 1. The lowest BCUT2D eigenvalue weighted by molar-refractivity contribution is -0.127. The molecule has 0 aliphatic heterocycles. The van der Waals surface area contributed by atoms with Gasteiger partial charge >= 0.3 is 0 Å². The molecule has 5 nitrogen and oxygen atoms in total. The summed E-state index contributed by atoms with van der Waals surface area (Å²) in [5.74, 6) is 0.655. The monoisotopic (exact) mass is 242 g/mol. The lowest BCUT2D eigenvalue weighted by Crippen LogP contribution is -2.34. The van der Waals surface area contributed by atoms with E-state index in [1.807, 2.05) is 6.92 Å². The number of rotatable bonds is 3. The number of nitrogens with zero attached hydrogens (tertiary/aromatic N) is 4. The van der Waals surface area contributed by atoms with E-state index >= 15 is 0 Å². The molecule has 1 amide bonds. The molecule has 0 aliphatic rings. The molecule has 1 rings (SSSR count). The van der Waals surface area contributed by atoms with Gasteiger partial charge in [0, 0.05) is 32.9 Å². The normalized spacial score (nSPS) is 10.1. The lowest BCUT2D eigenvalue weighted by Gasteiger charge is -2.20. The SMILES string of the molecule is Cc1cc(N(C)CC(=O)N(C)C)nc(Cl)n1. The van der Waals surface area contributed by atoms with Crippen molar-refractivity contribution in [2.75, 3.05) is 32.6 Å². The van der Waals surface area contributed by atoms with Crippen LogP contribution in [-0.4, -0.2) is 48.5 Å². The topological polar surface area (TPSA) is 49.3 Å². The zero-order chi connectivity index (χ0) is 12.3. The van der Waals surface area contributed by atoms with Crippen LogP contribution >= 0.6 is 11.6 Å². The smallest absolute Gasteiger partial charge is 0.241 e. The molecule has 0 fully saturated rings. The summed E-state index contributed by atoms with van der Waals surface area (Å²) in [7, 11) is 5.22. The van der Waals surface area contributed by atoms with Gasteiger partial charge in [-0.15, -0.1) is 0 Å². The average molecular weight is 243 g/mol. The van der Waals surface area contributed by atoms with E-state index in [1.54, 1.807) is 32.1 Å². The van der Waals surface area contributed by atoms with E-state index in [-0.39, 0.29) is 17.7 Å². The summed E-state index contributed by atoms with van der Waals surface area (Å²) in [6.45, 7) is 2.10. The molecule has 0 unspecified atom stereocenters. The van der Waals surface area contributed by atoms with Crippen LogP contribution in [0.4, 0.5) is 5.82 Å². The highest BCUT2D eigenvalue weighted by molar-refractivity contribution is 6.28. The molecule has 0 atom stereocenters. The van der Waals surface area contributed by atoms with Gasteiger partial charge in [-0.05, 0) is 18.5 Å². The van der Waals surface area contributed by atoms with Crippen LogP contribution in [0.2, 0.25) is 5.28 Å². The molecule has 6 heteroatoms. The summed E-state index contributed by atoms with van der Waals surface area (Å²) in [6.07, 6.45) is 0. The molecule has 0 spiro atoms. The molecule has 88 valence electrons. The Morgan fingerprint density at radius 2 is 2.00 bits per heavy atom. The van der Waals surface area contributed by atoms with Gasteiger partial charge in [-0.3, -0.25) is 4.79 Å². The van der Waals surface area contributed by atoms with Crippen molar-refractivity contribution in [1.82, 2.24) is 14.9 Å². The summed E-state index contributed by atoms with van der Waals surface area (Å²) in [4.78, 5) is 22.8. The first kappa shape index (κ1) is 12.7.